The fourth-order valence-corrected chi connectivity index (χ4v) is 1.69. The summed E-state index contributed by atoms with van der Waals surface area (Å²) in [5, 5.41) is 10.6. The minimum absolute atomic E-state index is 0.0452. The summed E-state index contributed by atoms with van der Waals surface area (Å²) < 4.78 is 5.14. The first-order chi connectivity index (χ1) is 8.04. The third kappa shape index (κ3) is 3.99. The average molecular weight is 272 g/mol. The van der Waals surface area contributed by atoms with E-state index < -0.39 is 4.92 Å². The molecule has 4 nitrogen and oxygen atoms in total. The molecule has 0 bridgehead atoms. The zero-order valence-electron chi connectivity index (χ0n) is 8.52. The molecule has 0 aliphatic rings. The summed E-state index contributed by atoms with van der Waals surface area (Å²) in [4.78, 5) is 9.58. The lowest BCUT2D eigenvalue weighted by molar-refractivity contribution is -0.400. The fourth-order valence-electron chi connectivity index (χ4n) is 1.07. The molecular formula is C11H7Cl2NO3. The molecule has 0 saturated carbocycles. The van der Waals surface area contributed by atoms with E-state index in [2.05, 4.69) is 5.92 Å². The highest BCUT2D eigenvalue weighted by Crippen LogP contribution is 2.34. The predicted molar refractivity (Wildman–Crippen MR) is 66.8 cm³/mol. The van der Waals surface area contributed by atoms with Gasteiger partial charge in [0.2, 0.25) is 6.20 Å². The monoisotopic (exact) mass is 271 g/mol. The van der Waals surface area contributed by atoms with Crippen LogP contribution in [-0.2, 0) is 0 Å². The second kappa shape index (κ2) is 6.14. The van der Waals surface area contributed by atoms with E-state index >= 15 is 0 Å². The number of rotatable bonds is 4. The minimum atomic E-state index is -0.579. The Morgan fingerprint density at radius 3 is 2.53 bits per heavy atom. The molecule has 0 heterocycles. The number of nitrogens with zero attached hydrogens (tertiary/aromatic N) is 1. The maximum absolute atomic E-state index is 10.2. The van der Waals surface area contributed by atoms with E-state index in [-0.39, 0.29) is 22.4 Å². The fraction of sp³-hybridized carbons (Fsp3) is 0.0909. The van der Waals surface area contributed by atoms with Crippen molar-refractivity contribution in [1.82, 2.24) is 0 Å². The Balaban J connectivity index is 3.01. The van der Waals surface area contributed by atoms with Gasteiger partial charge in [-0.3, -0.25) is 10.1 Å². The number of terminal acetylenes is 1. The highest BCUT2D eigenvalue weighted by atomic mass is 35.5. The Morgan fingerprint density at radius 1 is 1.47 bits per heavy atom. The van der Waals surface area contributed by atoms with Crippen LogP contribution < -0.4 is 4.74 Å². The maximum atomic E-state index is 10.2. The second-order valence-corrected chi connectivity index (χ2v) is 3.72. The molecule has 6 heteroatoms. The number of hydrogen-bond donors (Lipinski definition) is 0. The van der Waals surface area contributed by atoms with Crippen molar-refractivity contribution in [2.75, 3.05) is 6.61 Å². The Hall–Kier alpha value is -1.70. The molecule has 0 aliphatic carbocycles. The van der Waals surface area contributed by atoms with Gasteiger partial charge in [0, 0.05) is 6.08 Å². The van der Waals surface area contributed by atoms with Crippen molar-refractivity contribution in [2.24, 2.45) is 0 Å². The van der Waals surface area contributed by atoms with Gasteiger partial charge in [-0.25, -0.2) is 0 Å². The van der Waals surface area contributed by atoms with Gasteiger partial charge >= 0.3 is 0 Å². The van der Waals surface area contributed by atoms with Crippen molar-refractivity contribution in [3.05, 3.63) is 44.1 Å². The first-order valence-electron chi connectivity index (χ1n) is 4.41. The van der Waals surface area contributed by atoms with Crippen molar-refractivity contribution < 1.29 is 9.66 Å². The van der Waals surface area contributed by atoms with Gasteiger partial charge in [-0.15, -0.1) is 6.42 Å². The highest BCUT2D eigenvalue weighted by Gasteiger charge is 2.08. The van der Waals surface area contributed by atoms with Crippen molar-refractivity contribution in [1.29, 1.82) is 0 Å². The molecule has 0 N–H and O–H groups in total. The Morgan fingerprint density at radius 2 is 2.06 bits per heavy atom. The molecule has 0 aliphatic heterocycles. The molecule has 17 heavy (non-hydrogen) atoms. The maximum Gasteiger partial charge on any atom is 0.235 e. The largest absolute Gasteiger partial charge is 0.478 e. The summed E-state index contributed by atoms with van der Waals surface area (Å²) in [6.45, 7) is 0.0452. The van der Waals surface area contributed by atoms with Gasteiger partial charge in [0.25, 0.3) is 0 Å². The van der Waals surface area contributed by atoms with Crippen LogP contribution in [0.2, 0.25) is 10.0 Å². The topological polar surface area (TPSA) is 52.4 Å². The van der Waals surface area contributed by atoms with E-state index in [0.717, 1.165) is 6.20 Å². The van der Waals surface area contributed by atoms with Crippen molar-refractivity contribution in [2.45, 2.75) is 0 Å². The van der Waals surface area contributed by atoms with Gasteiger partial charge in [-0.1, -0.05) is 29.1 Å². The van der Waals surface area contributed by atoms with Crippen LogP contribution in [0.15, 0.2) is 18.3 Å². The molecule has 1 aromatic rings. The molecule has 1 rings (SSSR count). The average Bonchev–Trinajstić information content (AvgIpc) is 2.25. The zero-order chi connectivity index (χ0) is 12.8. The van der Waals surface area contributed by atoms with E-state index in [0.29, 0.717) is 5.56 Å². The van der Waals surface area contributed by atoms with Crippen LogP contribution in [0, 0.1) is 22.5 Å². The number of halogens is 2. The molecule has 0 amide bonds. The van der Waals surface area contributed by atoms with Crippen molar-refractivity contribution >= 4 is 29.3 Å². The first kappa shape index (κ1) is 13.4. The lowest BCUT2D eigenvalue weighted by atomic mass is 10.2. The Labute approximate surface area is 108 Å². The molecule has 1 aromatic carbocycles. The van der Waals surface area contributed by atoms with Crippen LogP contribution in [0.5, 0.6) is 5.75 Å². The van der Waals surface area contributed by atoms with Crippen molar-refractivity contribution in [3.63, 3.8) is 0 Å². The standard InChI is InChI=1S/C11H7Cl2NO3/c1-2-5-17-11-9(12)6-8(7-10(11)13)3-4-14(15)16/h1,3-4,6-7H,5H2/b4-3+. The highest BCUT2D eigenvalue weighted by molar-refractivity contribution is 6.37. The number of benzene rings is 1. The van der Waals surface area contributed by atoms with E-state index in [1.807, 2.05) is 0 Å². The van der Waals surface area contributed by atoms with Gasteiger partial charge < -0.3 is 4.74 Å². The molecule has 0 fully saturated rings. The van der Waals surface area contributed by atoms with E-state index in [4.69, 9.17) is 34.4 Å². The van der Waals surface area contributed by atoms with Gasteiger partial charge in [-0.2, -0.15) is 0 Å². The van der Waals surface area contributed by atoms with Crippen LogP contribution in [0.1, 0.15) is 5.56 Å². The van der Waals surface area contributed by atoms with E-state index in [9.17, 15) is 10.1 Å². The summed E-state index contributed by atoms with van der Waals surface area (Å²) >= 11 is 11.8. The smallest absolute Gasteiger partial charge is 0.235 e. The molecule has 0 saturated heterocycles. The SMILES string of the molecule is C#CCOc1c(Cl)cc(/C=C/[N+](=O)[O-])cc1Cl. The third-order valence-electron chi connectivity index (χ3n) is 1.71. The quantitative estimate of drug-likeness (QED) is 0.480. The molecule has 0 spiro atoms. The summed E-state index contributed by atoms with van der Waals surface area (Å²) in [5.74, 6) is 2.55. The van der Waals surface area contributed by atoms with Crippen LogP contribution in [0.4, 0.5) is 0 Å². The molecule has 0 unspecified atom stereocenters. The predicted octanol–water partition coefficient (Wildman–Crippen LogP) is 3.25. The molecule has 0 radical (unpaired) electrons. The van der Waals surface area contributed by atoms with Gasteiger partial charge in [0.05, 0.1) is 15.0 Å². The van der Waals surface area contributed by atoms with Gasteiger partial charge in [-0.05, 0) is 17.7 Å². The van der Waals surface area contributed by atoms with Crippen LogP contribution >= 0.6 is 23.2 Å². The molecule has 88 valence electrons. The lowest BCUT2D eigenvalue weighted by Crippen LogP contribution is -1.95. The minimum Gasteiger partial charge on any atom is -0.478 e. The molecular weight excluding hydrogens is 265 g/mol. The lowest BCUT2D eigenvalue weighted by Gasteiger charge is -2.07. The molecule has 0 aromatic heterocycles. The van der Waals surface area contributed by atoms with E-state index in [1.54, 1.807) is 0 Å². The van der Waals surface area contributed by atoms with Crippen LogP contribution in [0.25, 0.3) is 6.08 Å². The summed E-state index contributed by atoms with van der Waals surface area (Å²) in [5.41, 5.74) is 0.504. The van der Waals surface area contributed by atoms with Gasteiger partial charge in [0.15, 0.2) is 5.75 Å². The summed E-state index contributed by atoms with van der Waals surface area (Å²) in [6, 6.07) is 3.00. The molecule has 0 atom stereocenters. The van der Waals surface area contributed by atoms with Crippen molar-refractivity contribution in [3.8, 4) is 18.1 Å². The van der Waals surface area contributed by atoms with E-state index in [1.165, 1.54) is 18.2 Å². The normalized spacial score (nSPS) is 10.2. The van der Waals surface area contributed by atoms with Crippen LogP contribution in [0.3, 0.4) is 0 Å². The van der Waals surface area contributed by atoms with Gasteiger partial charge in [0.1, 0.15) is 6.61 Å². The summed E-state index contributed by atoms with van der Waals surface area (Å²) in [7, 11) is 0. The number of ether oxygens (including phenoxy) is 1. The summed E-state index contributed by atoms with van der Waals surface area (Å²) in [6.07, 6.45) is 7.12. The Bertz CT molecular complexity index is 483. The number of nitro groups is 1. The number of hydrogen-bond acceptors (Lipinski definition) is 3. The zero-order valence-corrected chi connectivity index (χ0v) is 10.0. The third-order valence-corrected chi connectivity index (χ3v) is 2.27. The Kier molecular flexibility index (Phi) is 4.83. The van der Waals surface area contributed by atoms with Crippen LogP contribution in [-0.4, -0.2) is 11.5 Å². The second-order valence-electron chi connectivity index (χ2n) is 2.91. The first-order valence-corrected chi connectivity index (χ1v) is 5.17.